The van der Waals surface area contributed by atoms with E-state index in [1.54, 1.807) is 11.8 Å². The Balaban J connectivity index is 2.03. The first-order chi connectivity index (χ1) is 9.47. The van der Waals surface area contributed by atoms with E-state index < -0.39 is 0 Å². The number of urea groups is 1. The minimum atomic E-state index is -0.258. The van der Waals surface area contributed by atoms with E-state index in [1.807, 2.05) is 0 Å². The molecular weight excluding hydrogens is 260 g/mol. The summed E-state index contributed by atoms with van der Waals surface area (Å²) in [6.07, 6.45) is 1.82. The van der Waals surface area contributed by atoms with Crippen molar-refractivity contribution in [2.75, 3.05) is 25.0 Å². The number of aromatic nitrogens is 2. The predicted octanol–water partition coefficient (Wildman–Crippen LogP) is 1.64. The molecule has 1 aliphatic rings. The van der Waals surface area contributed by atoms with Crippen LogP contribution in [0.25, 0.3) is 0 Å². The molecule has 1 aromatic rings. The largest absolute Gasteiger partial charge is 0.396 e. The van der Waals surface area contributed by atoms with E-state index in [0.29, 0.717) is 24.8 Å². The Hall–Kier alpha value is -1.63. The average molecular weight is 282 g/mol. The number of amides is 2. The lowest BCUT2D eigenvalue weighted by Gasteiger charge is -2.44. The molecule has 2 heterocycles. The van der Waals surface area contributed by atoms with Gasteiger partial charge in [0.25, 0.3) is 0 Å². The van der Waals surface area contributed by atoms with Crippen molar-refractivity contribution in [3.8, 4) is 0 Å². The Morgan fingerprint density at radius 1 is 1.60 bits per heavy atom. The van der Waals surface area contributed by atoms with Crippen LogP contribution in [0.5, 0.6) is 0 Å². The first kappa shape index (κ1) is 14.8. The van der Waals surface area contributed by atoms with Crippen LogP contribution in [-0.4, -0.2) is 45.9 Å². The fraction of sp³-hybridized carbons (Fsp3) is 0.769. The molecule has 1 aromatic heterocycles. The molecule has 20 heavy (non-hydrogen) atoms. The molecule has 1 unspecified atom stereocenters. The summed E-state index contributed by atoms with van der Waals surface area (Å²) in [5, 5.41) is 15.9. The summed E-state index contributed by atoms with van der Waals surface area (Å²) >= 11 is 0. The summed E-state index contributed by atoms with van der Waals surface area (Å²) < 4.78 is 4.88. The van der Waals surface area contributed by atoms with Gasteiger partial charge >= 0.3 is 12.0 Å². The van der Waals surface area contributed by atoms with E-state index in [4.69, 9.17) is 4.52 Å². The average Bonchev–Trinajstić information content (AvgIpc) is 2.83. The number of nitrogens with zero attached hydrogens (tertiary/aromatic N) is 3. The molecule has 0 aromatic carbocycles. The van der Waals surface area contributed by atoms with Crippen LogP contribution >= 0.6 is 0 Å². The number of rotatable bonds is 3. The standard InChI is InChI=1S/C13H22N4O3/c1-9(2)13(8-18)5-4-6-17(7-13)12(19)15-11-14-10(3)16-20-11/h9,18H,4-8H2,1-3H3,(H,14,15,16,19). The van der Waals surface area contributed by atoms with Crippen LogP contribution in [0.3, 0.4) is 0 Å². The highest BCUT2D eigenvalue weighted by Crippen LogP contribution is 2.36. The molecular formula is C13H22N4O3. The first-order valence-corrected chi connectivity index (χ1v) is 6.94. The summed E-state index contributed by atoms with van der Waals surface area (Å²) in [7, 11) is 0. The molecule has 0 aliphatic carbocycles. The number of piperidine rings is 1. The maximum atomic E-state index is 12.2. The molecule has 0 saturated carbocycles. The third kappa shape index (κ3) is 2.92. The zero-order chi connectivity index (χ0) is 14.8. The van der Waals surface area contributed by atoms with Crippen LogP contribution in [-0.2, 0) is 0 Å². The molecule has 1 atom stereocenters. The predicted molar refractivity (Wildman–Crippen MR) is 73.2 cm³/mol. The minimum absolute atomic E-state index is 0.0914. The highest BCUT2D eigenvalue weighted by atomic mass is 16.5. The molecule has 1 saturated heterocycles. The smallest absolute Gasteiger partial charge is 0.329 e. The van der Waals surface area contributed by atoms with Crippen molar-refractivity contribution < 1.29 is 14.4 Å². The summed E-state index contributed by atoms with van der Waals surface area (Å²) in [6.45, 7) is 7.16. The number of hydrogen-bond donors (Lipinski definition) is 2. The van der Waals surface area contributed by atoms with Crippen LogP contribution in [0, 0.1) is 18.3 Å². The monoisotopic (exact) mass is 282 g/mol. The van der Waals surface area contributed by atoms with Crippen molar-refractivity contribution >= 4 is 12.0 Å². The molecule has 0 spiro atoms. The van der Waals surface area contributed by atoms with E-state index in [2.05, 4.69) is 29.3 Å². The van der Waals surface area contributed by atoms with E-state index >= 15 is 0 Å². The summed E-state index contributed by atoms with van der Waals surface area (Å²) in [6, 6.07) is -0.149. The zero-order valence-electron chi connectivity index (χ0n) is 12.2. The zero-order valence-corrected chi connectivity index (χ0v) is 12.2. The summed E-state index contributed by atoms with van der Waals surface area (Å²) in [5.41, 5.74) is -0.222. The molecule has 112 valence electrons. The Morgan fingerprint density at radius 2 is 2.35 bits per heavy atom. The maximum Gasteiger partial charge on any atom is 0.329 e. The lowest BCUT2D eigenvalue weighted by molar-refractivity contribution is 0.0129. The van der Waals surface area contributed by atoms with Gasteiger partial charge in [-0.05, 0) is 25.7 Å². The van der Waals surface area contributed by atoms with Gasteiger partial charge in [-0.1, -0.05) is 19.0 Å². The van der Waals surface area contributed by atoms with E-state index in [-0.39, 0.29) is 24.1 Å². The number of aliphatic hydroxyl groups excluding tert-OH is 1. The second-order valence-electron chi connectivity index (χ2n) is 5.78. The minimum Gasteiger partial charge on any atom is -0.396 e. The third-order valence-electron chi connectivity index (χ3n) is 4.18. The summed E-state index contributed by atoms with van der Waals surface area (Å²) in [4.78, 5) is 17.9. The first-order valence-electron chi connectivity index (χ1n) is 6.94. The van der Waals surface area contributed by atoms with Crippen molar-refractivity contribution in [1.82, 2.24) is 15.0 Å². The van der Waals surface area contributed by atoms with Crippen LogP contribution in [0.4, 0.5) is 10.8 Å². The SMILES string of the molecule is Cc1noc(NC(=O)N2CCCC(CO)(C(C)C)C2)n1. The van der Waals surface area contributed by atoms with Crippen molar-refractivity contribution in [3.63, 3.8) is 0 Å². The number of anilines is 1. The number of nitrogens with one attached hydrogen (secondary N) is 1. The van der Waals surface area contributed by atoms with Crippen molar-refractivity contribution in [1.29, 1.82) is 0 Å². The van der Waals surface area contributed by atoms with Crippen LogP contribution in [0.1, 0.15) is 32.5 Å². The number of hydrogen-bond acceptors (Lipinski definition) is 5. The van der Waals surface area contributed by atoms with Gasteiger partial charge in [0.1, 0.15) is 0 Å². The Labute approximate surface area is 118 Å². The number of aryl methyl sites for hydroxylation is 1. The van der Waals surface area contributed by atoms with Gasteiger partial charge in [0.2, 0.25) is 0 Å². The molecule has 7 heteroatoms. The molecule has 2 amide bonds. The van der Waals surface area contributed by atoms with Gasteiger partial charge in [-0.2, -0.15) is 4.98 Å². The van der Waals surface area contributed by atoms with Crippen LogP contribution in [0.2, 0.25) is 0 Å². The van der Waals surface area contributed by atoms with Gasteiger partial charge in [0, 0.05) is 18.5 Å². The Bertz CT molecular complexity index is 474. The lowest BCUT2D eigenvalue weighted by atomic mass is 9.72. The Morgan fingerprint density at radius 3 is 2.90 bits per heavy atom. The fourth-order valence-electron chi connectivity index (χ4n) is 2.63. The van der Waals surface area contributed by atoms with Gasteiger partial charge in [0.15, 0.2) is 5.82 Å². The second kappa shape index (κ2) is 5.78. The topological polar surface area (TPSA) is 91.5 Å². The Kier molecular flexibility index (Phi) is 4.27. The third-order valence-corrected chi connectivity index (χ3v) is 4.18. The van der Waals surface area contributed by atoms with Crippen molar-refractivity contribution in [3.05, 3.63) is 5.82 Å². The van der Waals surface area contributed by atoms with Gasteiger partial charge in [-0.3, -0.25) is 5.32 Å². The van der Waals surface area contributed by atoms with Crippen molar-refractivity contribution in [2.45, 2.75) is 33.6 Å². The molecule has 2 N–H and O–H groups in total. The number of aliphatic hydroxyl groups is 1. The lowest BCUT2D eigenvalue weighted by Crippen LogP contribution is -2.51. The van der Waals surface area contributed by atoms with Gasteiger partial charge < -0.3 is 14.5 Å². The molecule has 1 aliphatic heterocycles. The van der Waals surface area contributed by atoms with Gasteiger partial charge in [0.05, 0.1) is 6.61 Å². The molecule has 7 nitrogen and oxygen atoms in total. The van der Waals surface area contributed by atoms with E-state index in [1.165, 1.54) is 0 Å². The van der Waals surface area contributed by atoms with Crippen molar-refractivity contribution in [2.24, 2.45) is 11.3 Å². The second-order valence-corrected chi connectivity index (χ2v) is 5.78. The molecule has 0 bridgehead atoms. The number of carbonyl (C=O) groups excluding carboxylic acids is 1. The number of carbonyl (C=O) groups is 1. The van der Waals surface area contributed by atoms with Gasteiger partial charge in [-0.25, -0.2) is 4.79 Å². The molecule has 1 fully saturated rings. The quantitative estimate of drug-likeness (QED) is 0.879. The van der Waals surface area contributed by atoms with E-state index in [9.17, 15) is 9.90 Å². The molecule has 2 rings (SSSR count). The maximum absolute atomic E-state index is 12.2. The fourth-order valence-corrected chi connectivity index (χ4v) is 2.63. The number of likely N-dealkylation sites (tertiary alicyclic amines) is 1. The normalized spacial score (nSPS) is 23.1. The highest BCUT2D eigenvalue weighted by Gasteiger charge is 2.39. The highest BCUT2D eigenvalue weighted by molar-refractivity contribution is 5.87. The van der Waals surface area contributed by atoms with Crippen LogP contribution in [0.15, 0.2) is 4.52 Å². The van der Waals surface area contributed by atoms with Crippen LogP contribution < -0.4 is 5.32 Å². The molecule has 0 radical (unpaired) electrons. The summed E-state index contributed by atoms with van der Waals surface area (Å²) in [5.74, 6) is 0.791. The van der Waals surface area contributed by atoms with Gasteiger partial charge in [-0.15, -0.1) is 0 Å². The van der Waals surface area contributed by atoms with E-state index in [0.717, 1.165) is 12.8 Å².